The Hall–Kier alpha value is -3.85. The van der Waals surface area contributed by atoms with Crippen molar-refractivity contribution in [3.63, 3.8) is 0 Å². The smallest absolute Gasteiger partial charge is 0.462 e. The van der Waals surface area contributed by atoms with Gasteiger partial charge in [0.05, 0.1) is 27.7 Å². The van der Waals surface area contributed by atoms with Crippen LogP contribution in [0.1, 0.15) is 194 Å². The summed E-state index contributed by atoms with van der Waals surface area (Å²) in [6.07, 6.45) is 75.1. The highest BCUT2D eigenvalue weighted by Gasteiger charge is 2.27. The first-order valence-corrected chi connectivity index (χ1v) is 29.4. The highest BCUT2D eigenvalue weighted by Crippen LogP contribution is 2.43. The number of quaternary nitrogens is 1. The molecule has 0 saturated carbocycles. The van der Waals surface area contributed by atoms with Crippen molar-refractivity contribution in [2.24, 2.45) is 0 Å². The molecule has 0 radical (unpaired) electrons. The first-order chi connectivity index (χ1) is 35.0. The second-order valence-electron chi connectivity index (χ2n) is 19.2. The lowest BCUT2D eigenvalue weighted by Crippen LogP contribution is -2.37. The molecule has 0 aliphatic carbocycles. The van der Waals surface area contributed by atoms with Gasteiger partial charge in [0.2, 0.25) is 0 Å². The van der Waals surface area contributed by atoms with Crippen molar-refractivity contribution in [1.29, 1.82) is 0 Å². The molecule has 0 heterocycles. The number of hydrogen-bond acceptors (Lipinski definition) is 7. The molecule has 0 aliphatic heterocycles. The van der Waals surface area contributed by atoms with Crippen LogP contribution in [0, 0.1) is 0 Å². The Morgan fingerprint density at radius 1 is 0.444 bits per heavy atom. The predicted octanol–water partition coefficient (Wildman–Crippen LogP) is 17.4. The summed E-state index contributed by atoms with van der Waals surface area (Å²) in [7, 11) is 1.43. The predicted molar refractivity (Wildman–Crippen MR) is 307 cm³/mol. The maximum Gasteiger partial charge on any atom is 0.472 e. The zero-order chi connectivity index (χ0) is 52.7. The number of carbonyl (C=O) groups is 2. The van der Waals surface area contributed by atoms with Crippen molar-refractivity contribution in [2.75, 3.05) is 47.5 Å². The van der Waals surface area contributed by atoms with Crippen LogP contribution in [0.2, 0.25) is 0 Å². The molecule has 1 N–H and O–H groups in total. The Morgan fingerprint density at radius 3 is 1.19 bits per heavy atom. The van der Waals surface area contributed by atoms with E-state index in [0.717, 1.165) is 116 Å². The summed E-state index contributed by atoms with van der Waals surface area (Å²) >= 11 is 0. The van der Waals surface area contributed by atoms with Crippen LogP contribution >= 0.6 is 7.82 Å². The second-order valence-corrected chi connectivity index (χ2v) is 20.7. The van der Waals surface area contributed by atoms with Crippen LogP contribution in [-0.2, 0) is 32.7 Å². The van der Waals surface area contributed by atoms with Gasteiger partial charge in [0.1, 0.15) is 19.8 Å². The maximum atomic E-state index is 12.8. The third kappa shape index (κ3) is 55.5. The van der Waals surface area contributed by atoms with Gasteiger partial charge in [0, 0.05) is 12.8 Å². The van der Waals surface area contributed by atoms with E-state index < -0.39 is 32.5 Å². The molecular formula is C62H103NO8P+. The molecule has 0 bridgehead atoms. The van der Waals surface area contributed by atoms with E-state index in [1.54, 1.807) is 0 Å². The van der Waals surface area contributed by atoms with Gasteiger partial charge in [-0.25, -0.2) is 4.57 Å². The van der Waals surface area contributed by atoms with Gasteiger partial charge in [-0.05, 0) is 116 Å². The highest BCUT2D eigenvalue weighted by molar-refractivity contribution is 7.47. The standard InChI is InChI=1S/C62H102NO8P/c1-6-8-10-12-14-16-18-20-22-24-25-26-27-28-29-30-31-32-33-34-35-36-37-39-41-43-45-47-49-51-53-55-62(65)71-60(59-70-72(66,67)69-57-56-63(3,4)5)58-68-61(64)54-52-50-48-46-44-42-40-38-23-21-19-17-15-13-11-9-7-2/h8,10,14-17,20-23,25-26,28-29,31-32,34-35,37,39,43,45,60H,6-7,9,11-13,18-19,24,27,30,33,36,38,40-42,44,46-59H2,1-5H3/p+1/b10-8-,16-14-,17-15-,22-20-,23-21-,26-25-,29-28-,32-31-,35-34-,39-37-,45-43-. The van der Waals surface area contributed by atoms with Crippen molar-refractivity contribution in [2.45, 2.75) is 200 Å². The largest absolute Gasteiger partial charge is 0.472 e. The molecule has 2 unspecified atom stereocenters. The van der Waals surface area contributed by atoms with E-state index in [1.807, 2.05) is 21.1 Å². The van der Waals surface area contributed by atoms with Crippen LogP contribution in [-0.4, -0.2) is 74.9 Å². The third-order valence-electron chi connectivity index (χ3n) is 11.2. The molecule has 9 nitrogen and oxygen atoms in total. The number of ether oxygens (including phenoxy) is 2. The van der Waals surface area contributed by atoms with Crippen molar-refractivity contribution in [3.05, 3.63) is 134 Å². The highest BCUT2D eigenvalue weighted by atomic mass is 31.2. The van der Waals surface area contributed by atoms with E-state index >= 15 is 0 Å². The van der Waals surface area contributed by atoms with E-state index in [9.17, 15) is 19.0 Å². The van der Waals surface area contributed by atoms with E-state index in [2.05, 4.69) is 148 Å². The fourth-order valence-electron chi connectivity index (χ4n) is 6.86. The van der Waals surface area contributed by atoms with Crippen LogP contribution in [0.25, 0.3) is 0 Å². The molecule has 408 valence electrons. The topological polar surface area (TPSA) is 108 Å². The van der Waals surface area contributed by atoms with Gasteiger partial charge in [-0.2, -0.15) is 0 Å². The summed E-state index contributed by atoms with van der Waals surface area (Å²) < 4.78 is 34.5. The van der Waals surface area contributed by atoms with Gasteiger partial charge in [-0.15, -0.1) is 0 Å². The van der Waals surface area contributed by atoms with Crippen LogP contribution < -0.4 is 0 Å². The van der Waals surface area contributed by atoms with E-state index in [4.69, 9.17) is 18.5 Å². The number of phosphoric acid groups is 1. The Balaban J connectivity index is 4.32. The Labute approximate surface area is 441 Å². The molecule has 0 amide bonds. The van der Waals surface area contributed by atoms with Gasteiger partial charge in [0.15, 0.2) is 6.10 Å². The molecule has 2 atom stereocenters. The van der Waals surface area contributed by atoms with E-state index in [-0.39, 0.29) is 26.1 Å². The van der Waals surface area contributed by atoms with Crippen molar-refractivity contribution < 1.29 is 42.1 Å². The fraction of sp³-hybridized carbons (Fsp3) is 0.613. The molecule has 0 aliphatic rings. The molecule has 0 fully saturated rings. The summed E-state index contributed by atoms with van der Waals surface area (Å²) in [5.41, 5.74) is 0. The lowest BCUT2D eigenvalue weighted by Gasteiger charge is -2.24. The molecule has 10 heteroatoms. The second kappa shape index (κ2) is 52.0. The van der Waals surface area contributed by atoms with E-state index in [1.165, 1.54) is 44.9 Å². The number of nitrogens with zero attached hydrogens (tertiary/aromatic N) is 1. The molecule has 0 saturated heterocycles. The number of hydrogen-bond donors (Lipinski definition) is 1. The number of esters is 2. The summed E-state index contributed by atoms with van der Waals surface area (Å²) in [6, 6.07) is 0. The molecular weight excluding hydrogens is 918 g/mol. The number of unbranched alkanes of at least 4 members (excludes halogenated alkanes) is 13. The summed E-state index contributed by atoms with van der Waals surface area (Å²) in [4.78, 5) is 35.6. The van der Waals surface area contributed by atoms with Crippen molar-refractivity contribution >= 4 is 19.8 Å². The van der Waals surface area contributed by atoms with Crippen LogP contribution in [0.3, 0.4) is 0 Å². The SMILES string of the molecule is CC/C=C\C/C=C\C/C=C\C/C=C\C/C=C\C/C=C\C/C=C\C/C=C\C/C=C\CCCCCC(=O)OC(COC(=O)CCCCCCCCC/C=C\C/C=C\CCCCC)COP(=O)(O)OCC[N+](C)(C)C. The number of phosphoric ester groups is 1. The Bertz CT molecular complexity index is 1670. The van der Waals surface area contributed by atoms with Gasteiger partial charge >= 0.3 is 19.8 Å². The summed E-state index contributed by atoms with van der Waals surface area (Å²) in [5.74, 6) is -0.857. The number of likely N-dealkylation sites (N-methyl/N-ethyl adjacent to an activating group) is 1. The van der Waals surface area contributed by atoms with Crippen LogP contribution in [0.5, 0.6) is 0 Å². The van der Waals surface area contributed by atoms with Gasteiger partial charge in [-0.1, -0.05) is 199 Å². The average Bonchev–Trinajstić information content (AvgIpc) is 3.34. The van der Waals surface area contributed by atoms with Crippen LogP contribution in [0.4, 0.5) is 0 Å². The minimum absolute atomic E-state index is 0.0156. The zero-order valence-corrected chi connectivity index (χ0v) is 47.0. The lowest BCUT2D eigenvalue weighted by molar-refractivity contribution is -0.870. The van der Waals surface area contributed by atoms with Crippen molar-refractivity contribution in [1.82, 2.24) is 0 Å². The minimum Gasteiger partial charge on any atom is -0.462 e. The lowest BCUT2D eigenvalue weighted by atomic mass is 10.1. The third-order valence-corrected chi connectivity index (χ3v) is 12.1. The monoisotopic (exact) mass is 1020 g/mol. The first-order valence-electron chi connectivity index (χ1n) is 27.9. The molecule has 0 rings (SSSR count). The average molecular weight is 1020 g/mol. The van der Waals surface area contributed by atoms with Gasteiger partial charge in [-0.3, -0.25) is 18.6 Å². The fourth-order valence-corrected chi connectivity index (χ4v) is 7.60. The Kier molecular flexibility index (Phi) is 49.2. The number of carbonyl (C=O) groups excluding carboxylic acids is 2. The Morgan fingerprint density at radius 2 is 0.792 bits per heavy atom. The minimum atomic E-state index is -4.41. The maximum absolute atomic E-state index is 12.8. The van der Waals surface area contributed by atoms with Gasteiger partial charge < -0.3 is 18.9 Å². The normalized spacial score (nSPS) is 14.4. The number of allylic oxidation sites excluding steroid dienone is 22. The molecule has 0 spiro atoms. The molecule has 0 aromatic carbocycles. The first kappa shape index (κ1) is 68.2. The summed E-state index contributed by atoms with van der Waals surface area (Å²) in [5, 5.41) is 0. The van der Waals surface area contributed by atoms with Crippen molar-refractivity contribution in [3.8, 4) is 0 Å². The quantitative estimate of drug-likeness (QED) is 0.0211. The summed E-state index contributed by atoms with van der Waals surface area (Å²) in [6.45, 7) is 4.22. The molecule has 0 aromatic rings. The molecule has 0 aromatic heterocycles. The van der Waals surface area contributed by atoms with Crippen LogP contribution in [0.15, 0.2) is 134 Å². The number of rotatable bonds is 49. The molecule has 72 heavy (non-hydrogen) atoms. The van der Waals surface area contributed by atoms with Gasteiger partial charge in [0.25, 0.3) is 0 Å². The van der Waals surface area contributed by atoms with E-state index in [0.29, 0.717) is 17.4 Å². The zero-order valence-electron chi connectivity index (χ0n) is 46.1.